The molecule has 8 aromatic rings. The van der Waals surface area contributed by atoms with Crippen LogP contribution < -0.4 is 14.5 Å². The average molecular weight is 1140 g/mol. The molecule has 2 aromatic heterocycles. The first-order valence-corrected chi connectivity index (χ1v) is 25.5. The van der Waals surface area contributed by atoms with Crippen LogP contribution in [0.3, 0.4) is 0 Å². The van der Waals surface area contributed by atoms with Crippen molar-refractivity contribution in [3.63, 3.8) is 0 Å². The number of nitrogens with zero attached hydrogens (tertiary/aromatic N) is 4. The number of hydrogen-bond acceptors (Lipinski definition) is 4. The van der Waals surface area contributed by atoms with E-state index in [1.54, 1.807) is 0 Å². The molecule has 0 spiro atoms. The molecule has 378 valence electrons. The molecule has 1 aliphatic rings. The molecule has 0 bridgehead atoms. The van der Waals surface area contributed by atoms with Crippen LogP contribution in [0.15, 0.2) is 121 Å². The molecule has 0 aliphatic carbocycles. The van der Waals surface area contributed by atoms with Gasteiger partial charge in [0.1, 0.15) is 5.82 Å². The monoisotopic (exact) mass is 1130 g/mol. The van der Waals surface area contributed by atoms with Crippen molar-refractivity contribution in [2.45, 2.75) is 157 Å². The maximum absolute atomic E-state index is 6.80. The normalized spacial score (nSPS) is 13.8. The Balaban J connectivity index is 0.00000693. The Morgan fingerprint density at radius 2 is 1.03 bits per heavy atom. The van der Waals surface area contributed by atoms with Crippen molar-refractivity contribution in [1.29, 1.82) is 0 Å². The minimum Gasteiger partial charge on any atom is -0.509 e. The van der Waals surface area contributed by atoms with Gasteiger partial charge in [-0.15, -0.1) is 48.1 Å². The summed E-state index contributed by atoms with van der Waals surface area (Å²) in [5, 5.41) is 2.25. The number of fused-ring (bicyclic) bond motifs is 4. The van der Waals surface area contributed by atoms with Gasteiger partial charge in [-0.1, -0.05) is 173 Å². The van der Waals surface area contributed by atoms with E-state index in [9.17, 15) is 0 Å². The Bertz CT molecular complexity index is 3270. The summed E-state index contributed by atoms with van der Waals surface area (Å²) in [4.78, 5) is 9.68. The van der Waals surface area contributed by atoms with E-state index < -0.39 is 0 Å². The van der Waals surface area contributed by atoms with Gasteiger partial charge in [0.05, 0.1) is 0 Å². The van der Waals surface area contributed by atoms with E-state index >= 15 is 0 Å². The molecule has 0 amide bonds. The second-order valence-corrected chi connectivity index (χ2v) is 26.1. The molecule has 6 heteroatoms. The molecule has 0 fully saturated rings. The molecule has 72 heavy (non-hydrogen) atoms. The summed E-state index contributed by atoms with van der Waals surface area (Å²) < 4.78 is 9.07. The molecule has 0 unspecified atom stereocenters. The van der Waals surface area contributed by atoms with Gasteiger partial charge in [-0.25, -0.2) is 4.98 Å². The van der Waals surface area contributed by atoms with Crippen LogP contribution in [-0.4, -0.2) is 9.55 Å². The molecule has 5 nitrogen and oxygen atoms in total. The number of anilines is 4. The van der Waals surface area contributed by atoms with E-state index in [0.717, 1.165) is 55.9 Å². The van der Waals surface area contributed by atoms with Crippen LogP contribution in [0.1, 0.15) is 158 Å². The van der Waals surface area contributed by atoms with Crippen molar-refractivity contribution in [3.8, 4) is 28.4 Å². The van der Waals surface area contributed by atoms with Crippen LogP contribution in [-0.2, 0) is 53.6 Å². The van der Waals surface area contributed by atoms with Crippen LogP contribution in [0.5, 0.6) is 11.5 Å². The first-order valence-electron chi connectivity index (χ1n) is 25.5. The number of ether oxygens (including phenoxy) is 1. The van der Waals surface area contributed by atoms with Gasteiger partial charge in [-0.2, -0.15) is 12.1 Å². The zero-order valence-electron chi connectivity index (χ0n) is 46.1. The summed E-state index contributed by atoms with van der Waals surface area (Å²) in [6, 6.07) is 49.6. The van der Waals surface area contributed by atoms with E-state index in [4.69, 9.17) is 9.72 Å². The Morgan fingerprint density at radius 1 is 0.472 bits per heavy atom. The number of pyridine rings is 1. The molecular weight excluding hydrogens is 1060 g/mol. The molecule has 6 aromatic carbocycles. The Morgan fingerprint density at radius 3 is 1.60 bits per heavy atom. The molecule has 3 heterocycles. The smallest absolute Gasteiger partial charge is 0.136 e. The maximum atomic E-state index is 6.80. The number of aromatic nitrogens is 2. The minimum absolute atomic E-state index is 0. The third kappa shape index (κ3) is 10.2. The SMILES string of the molecule is CC(C)(C)c1cc(N2[CH-]N(c3[c-]c(Oc4[c-]c5c(cc4)c4cc(C(C)(C)C)ccc4n5-c4cc(-c5c(C(C)(C)C)cc(C(C)(C)C)cc5C(C)(C)C)ccn4)ccc3)c3ccccc32)cc(C(C)(C)C)c1.[Pt]. The van der Waals surface area contributed by atoms with Gasteiger partial charge in [0, 0.05) is 61.3 Å². The van der Waals surface area contributed by atoms with Crippen molar-refractivity contribution in [2.75, 3.05) is 9.80 Å². The van der Waals surface area contributed by atoms with Crippen molar-refractivity contribution in [3.05, 3.63) is 174 Å². The second-order valence-electron chi connectivity index (χ2n) is 26.1. The Kier molecular flexibility index (Phi) is 13.4. The number of benzene rings is 6. The Hall–Kier alpha value is -5.64. The van der Waals surface area contributed by atoms with Gasteiger partial charge in [0.15, 0.2) is 0 Å². The van der Waals surface area contributed by atoms with Crippen molar-refractivity contribution >= 4 is 44.6 Å². The molecule has 0 atom stereocenters. The molecule has 0 saturated carbocycles. The maximum Gasteiger partial charge on any atom is 0.136 e. The third-order valence-electron chi connectivity index (χ3n) is 14.2. The van der Waals surface area contributed by atoms with E-state index in [0.29, 0.717) is 11.5 Å². The van der Waals surface area contributed by atoms with Crippen molar-refractivity contribution in [2.24, 2.45) is 0 Å². The fourth-order valence-corrected chi connectivity index (χ4v) is 9.83. The van der Waals surface area contributed by atoms with E-state index in [2.05, 4.69) is 255 Å². The predicted octanol–water partition coefficient (Wildman–Crippen LogP) is 18.4. The summed E-state index contributed by atoms with van der Waals surface area (Å²) >= 11 is 0. The zero-order chi connectivity index (χ0) is 51.4. The summed E-state index contributed by atoms with van der Waals surface area (Å²) in [5.74, 6) is 2.04. The van der Waals surface area contributed by atoms with E-state index in [-0.39, 0.29) is 53.6 Å². The van der Waals surface area contributed by atoms with Gasteiger partial charge < -0.3 is 19.1 Å². The average Bonchev–Trinajstić information content (AvgIpc) is 3.83. The fraction of sp³-hybridized carbons (Fsp3) is 0.364. The summed E-state index contributed by atoms with van der Waals surface area (Å²) in [6.45, 7) is 43.7. The molecule has 1 aliphatic heterocycles. The number of para-hydroxylation sites is 2. The summed E-state index contributed by atoms with van der Waals surface area (Å²) in [7, 11) is 0. The molecule has 0 saturated heterocycles. The number of hydrogen-bond donors (Lipinski definition) is 0. The standard InChI is InChI=1S/C66H75N4O.Pt/c1-61(2,3)43-26-29-55-52(36-43)51-28-27-50(40-58(51)70(55)59-32-42(30-31-67-59)60-53(65(13,14)15)37-46(64(10,11)12)38-54(60)66(16,17)18)71-49-23-21-22-47(39-49)68-41-69(57-25-20-19-24-56(57)68)48-34-44(62(4,5)6)33-45(35-48)63(7,8)9;/h19-38,41H,1-18H3;/q-3;. The second kappa shape index (κ2) is 18.4. The van der Waals surface area contributed by atoms with E-state index in [1.165, 1.54) is 38.9 Å². The topological polar surface area (TPSA) is 33.5 Å². The van der Waals surface area contributed by atoms with Crippen molar-refractivity contribution in [1.82, 2.24) is 9.55 Å². The van der Waals surface area contributed by atoms with Crippen LogP contribution in [0.25, 0.3) is 38.8 Å². The first kappa shape index (κ1) is 52.7. The summed E-state index contributed by atoms with van der Waals surface area (Å²) in [6.07, 6.45) is 1.97. The largest absolute Gasteiger partial charge is 0.509 e. The van der Waals surface area contributed by atoms with Gasteiger partial charge >= 0.3 is 0 Å². The molecule has 0 radical (unpaired) electrons. The predicted molar refractivity (Wildman–Crippen MR) is 302 cm³/mol. The van der Waals surface area contributed by atoms with Gasteiger partial charge in [-0.05, 0) is 125 Å². The van der Waals surface area contributed by atoms with Crippen LogP contribution in [0.2, 0.25) is 0 Å². The van der Waals surface area contributed by atoms with Gasteiger partial charge in [0.2, 0.25) is 0 Å². The van der Waals surface area contributed by atoms with E-state index in [1.807, 2.05) is 24.4 Å². The zero-order valence-corrected chi connectivity index (χ0v) is 48.4. The van der Waals surface area contributed by atoms with Crippen molar-refractivity contribution < 1.29 is 25.8 Å². The quantitative estimate of drug-likeness (QED) is 0.155. The minimum atomic E-state index is -0.103. The summed E-state index contributed by atoms with van der Waals surface area (Å²) in [5.41, 5.74) is 16.3. The molecular formula is C66H75N4OPt-3. The third-order valence-corrected chi connectivity index (χ3v) is 14.2. The van der Waals surface area contributed by atoms with Crippen LogP contribution in [0, 0.1) is 18.8 Å². The number of rotatable bonds is 6. The van der Waals surface area contributed by atoms with Crippen LogP contribution >= 0.6 is 0 Å². The molecule has 9 rings (SSSR count). The van der Waals surface area contributed by atoms with Crippen LogP contribution in [0.4, 0.5) is 22.7 Å². The fourth-order valence-electron chi connectivity index (χ4n) is 9.83. The van der Waals surface area contributed by atoms with Gasteiger partial charge in [-0.3, -0.25) is 0 Å². The van der Waals surface area contributed by atoms with Gasteiger partial charge in [0.25, 0.3) is 0 Å². The first-order chi connectivity index (χ1) is 33.0. The Labute approximate surface area is 446 Å². The molecule has 0 N–H and O–H groups in total.